The molecule has 2 aromatic heterocycles. The Hall–Kier alpha value is -0.940. The van der Waals surface area contributed by atoms with E-state index in [1.54, 1.807) is 34.4 Å². The zero-order valence-corrected chi connectivity index (χ0v) is 14.6. The Morgan fingerprint density at radius 1 is 1.05 bits per heavy atom. The number of hydrogen-bond donors (Lipinski definition) is 1. The van der Waals surface area contributed by atoms with Crippen molar-refractivity contribution in [3.05, 3.63) is 68.0 Å². The predicted octanol–water partition coefficient (Wildman–Crippen LogP) is 6.39. The highest BCUT2D eigenvalue weighted by atomic mass is 35.5. The second kappa shape index (κ2) is 6.88. The van der Waals surface area contributed by atoms with Crippen LogP contribution in [0.2, 0.25) is 4.34 Å². The van der Waals surface area contributed by atoms with E-state index in [0.29, 0.717) is 0 Å². The van der Waals surface area contributed by atoms with E-state index in [2.05, 4.69) is 59.4 Å². The molecule has 0 aliphatic rings. The van der Waals surface area contributed by atoms with E-state index in [0.717, 1.165) is 10.0 Å². The molecule has 5 heteroatoms. The molecule has 3 rings (SSSR count). The molecule has 1 nitrogen and oxygen atoms in total. The molecule has 0 aliphatic heterocycles. The Kier molecular flexibility index (Phi) is 4.91. The van der Waals surface area contributed by atoms with E-state index in [4.69, 9.17) is 11.6 Å². The maximum atomic E-state index is 6.12. The Balaban J connectivity index is 1.97. The highest BCUT2D eigenvalue weighted by Crippen LogP contribution is 2.37. The molecule has 0 amide bonds. The van der Waals surface area contributed by atoms with Gasteiger partial charge >= 0.3 is 0 Å². The summed E-state index contributed by atoms with van der Waals surface area (Å²) in [6, 6.07) is 16.9. The van der Waals surface area contributed by atoms with Crippen LogP contribution in [0, 0.1) is 0 Å². The molecule has 0 spiro atoms. The molecular weight excluding hydrogens is 338 g/mol. The van der Waals surface area contributed by atoms with Crippen LogP contribution < -0.4 is 5.32 Å². The highest BCUT2D eigenvalue weighted by molar-refractivity contribution is 7.98. The zero-order valence-electron chi connectivity index (χ0n) is 11.4. The molecular formula is C16H14ClNS3. The van der Waals surface area contributed by atoms with Gasteiger partial charge in [0.2, 0.25) is 0 Å². The largest absolute Gasteiger partial charge is 0.372 e. The second-order valence-electron chi connectivity index (χ2n) is 4.43. The number of halogens is 1. The van der Waals surface area contributed by atoms with Crippen LogP contribution in [0.3, 0.4) is 0 Å². The summed E-state index contributed by atoms with van der Waals surface area (Å²) in [5.74, 6) is 0. The van der Waals surface area contributed by atoms with Crippen LogP contribution in [0.1, 0.15) is 15.8 Å². The molecule has 0 bridgehead atoms. The minimum absolute atomic E-state index is 0.149. The first-order valence-electron chi connectivity index (χ1n) is 6.46. The first-order valence-corrected chi connectivity index (χ1v) is 9.76. The molecule has 2 heterocycles. The third-order valence-corrected chi connectivity index (χ3v) is 6.14. The summed E-state index contributed by atoms with van der Waals surface area (Å²) in [6.45, 7) is 0. The number of benzene rings is 1. The lowest BCUT2D eigenvalue weighted by Crippen LogP contribution is -2.10. The van der Waals surface area contributed by atoms with Crippen molar-refractivity contribution in [3.63, 3.8) is 0 Å². The van der Waals surface area contributed by atoms with Gasteiger partial charge in [-0.25, -0.2) is 0 Å². The van der Waals surface area contributed by atoms with E-state index in [-0.39, 0.29) is 6.04 Å². The average Bonchev–Trinajstić information content (AvgIpc) is 3.17. The number of thiophene rings is 2. The average molecular weight is 352 g/mol. The molecule has 1 atom stereocenters. The molecule has 0 saturated carbocycles. The monoisotopic (exact) mass is 351 g/mol. The van der Waals surface area contributed by atoms with Crippen molar-refractivity contribution in [2.75, 3.05) is 11.6 Å². The quantitative estimate of drug-likeness (QED) is 0.535. The number of hydrogen-bond acceptors (Lipinski definition) is 4. The lowest BCUT2D eigenvalue weighted by atomic mass is 10.2. The van der Waals surface area contributed by atoms with Crippen LogP contribution in [0.4, 0.5) is 5.69 Å². The topological polar surface area (TPSA) is 12.0 Å². The fraction of sp³-hybridized carbons (Fsp3) is 0.125. The minimum Gasteiger partial charge on any atom is -0.372 e. The summed E-state index contributed by atoms with van der Waals surface area (Å²) in [4.78, 5) is 3.78. The Morgan fingerprint density at radius 3 is 2.57 bits per heavy atom. The summed E-state index contributed by atoms with van der Waals surface area (Å²) in [7, 11) is 0. The van der Waals surface area contributed by atoms with Gasteiger partial charge in [0, 0.05) is 20.3 Å². The Labute approximate surface area is 142 Å². The minimum atomic E-state index is 0.149. The van der Waals surface area contributed by atoms with E-state index < -0.39 is 0 Å². The number of para-hydroxylation sites is 1. The molecule has 3 aromatic rings. The van der Waals surface area contributed by atoms with E-state index in [1.165, 1.54) is 14.6 Å². The van der Waals surface area contributed by atoms with Crippen LogP contribution in [0.15, 0.2) is 58.8 Å². The molecule has 0 radical (unpaired) electrons. The first-order chi connectivity index (χ1) is 10.3. The zero-order chi connectivity index (χ0) is 14.7. The normalized spacial score (nSPS) is 12.3. The molecule has 108 valence electrons. The summed E-state index contributed by atoms with van der Waals surface area (Å²) >= 11 is 11.3. The lowest BCUT2D eigenvalue weighted by Gasteiger charge is -2.19. The van der Waals surface area contributed by atoms with Crippen LogP contribution >= 0.6 is 46.0 Å². The third-order valence-electron chi connectivity index (χ3n) is 3.11. The fourth-order valence-electron chi connectivity index (χ4n) is 2.14. The Morgan fingerprint density at radius 2 is 1.90 bits per heavy atom. The second-order valence-corrected chi connectivity index (χ2v) is 8.01. The molecule has 0 aliphatic carbocycles. The number of rotatable bonds is 5. The molecule has 1 N–H and O–H groups in total. The molecule has 0 fully saturated rings. The molecule has 0 saturated heterocycles. The molecule has 1 unspecified atom stereocenters. The van der Waals surface area contributed by atoms with Crippen molar-refractivity contribution in [2.45, 2.75) is 10.9 Å². The third kappa shape index (κ3) is 3.46. The van der Waals surface area contributed by atoms with Crippen molar-refractivity contribution >= 4 is 51.7 Å². The number of thioether (sulfide) groups is 1. The van der Waals surface area contributed by atoms with Gasteiger partial charge < -0.3 is 5.32 Å². The van der Waals surface area contributed by atoms with Gasteiger partial charge in [-0.3, -0.25) is 0 Å². The van der Waals surface area contributed by atoms with Gasteiger partial charge in [-0.2, -0.15) is 0 Å². The summed E-state index contributed by atoms with van der Waals surface area (Å²) in [5.41, 5.74) is 1.16. The van der Waals surface area contributed by atoms with Gasteiger partial charge in [0.15, 0.2) is 0 Å². The van der Waals surface area contributed by atoms with Crippen molar-refractivity contribution in [1.82, 2.24) is 0 Å². The van der Waals surface area contributed by atoms with Crippen molar-refractivity contribution in [3.8, 4) is 0 Å². The SMILES string of the molecule is CSc1ccccc1NC(c1cccs1)c1ccc(Cl)s1. The van der Waals surface area contributed by atoms with Crippen LogP contribution in [0.5, 0.6) is 0 Å². The van der Waals surface area contributed by atoms with Gasteiger partial charge in [-0.15, -0.1) is 34.4 Å². The molecule has 1 aromatic carbocycles. The van der Waals surface area contributed by atoms with Crippen LogP contribution in [0.25, 0.3) is 0 Å². The van der Waals surface area contributed by atoms with E-state index in [1.807, 2.05) is 6.07 Å². The van der Waals surface area contributed by atoms with E-state index >= 15 is 0 Å². The van der Waals surface area contributed by atoms with Gasteiger partial charge in [0.1, 0.15) is 0 Å². The van der Waals surface area contributed by atoms with Gasteiger partial charge in [0.25, 0.3) is 0 Å². The van der Waals surface area contributed by atoms with Crippen molar-refractivity contribution in [2.24, 2.45) is 0 Å². The van der Waals surface area contributed by atoms with Gasteiger partial charge in [-0.05, 0) is 42.0 Å². The predicted molar refractivity (Wildman–Crippen MR) is 97.3 cm³/mol. The maximum Gasteiger partial charge on any atom is 0.0954 e. The van der Waals surface area contributed by atoms with Crippen LogP contribution in [-0.2, 0) is 0 Å². The fourth-order valence-corrected chi connectivity index (χ4v) is 4.70. The van der Waals surface area contributed by atoms with Gasteiger partial charge in [0.05, 0.1) is 10.4 Å². The van der Waals surface area contributed by atoms with Gasteiger partial charge in [-0.1, -0.05) is 29.8 Å². The highest BCUT2D eigenvalue weighted by Gasteiger charge is 2.18. The standard InChI is InChI=1S/C16H14ClNS3/c1-19-12-6-3-2-5-11(12)18-16(13-7-4-10-20-13)14-8-9-15(17)21-14/h2-10,16,18H,1H3. The van der Waals surface area contributed by atoms with Crippen LogP contribution in [-0.4, -0.2) is 6.26 Å². The number of anilines is 1. The molecule has 21 heavy (non-hydrogen) atoms. The lowest BCUT2D eigenvalue weighted by molar-refractivity contribution is 0.984. The summed E-state index contributed by atoms with van der Waals surface area (Å²) in [6.07, 6.45) is 2.10. The summed E-state index contributed by atoms with van der Waals surface area (Å²) < 4.78 is 0.825. The maximum absolute atomic E-state index is 6.12. The van der Waals surface area contributed by atoms with Crippen molar-refractivity contribution < 1.29 is 0 Å². The summed E-state index contributed by atoms with van der Waals surface area (Å²) in [5, 5.41) is 5.78. The smallest absolute Gasteiger partial charge is 0.0954 e. The number of nitrogens with one attached hydrogen (secondary N) is 1. The van der Waals surface area contributed by atoms with Crippen molar-refractivity contribution in [1.29, 1.82) is 0 Å². The Bertz CT molecular complexity index is 706. The first kappa shape index (κ1) is 15.0. The van der Waals surface area contributed by atoms with E-state index in [9.17, 15) is 0 Å².